The number of hydrogen-bond donors (Lipinski definition) is 2. The number of carbonyl (C=O) groups excluding carboxylic acids is 2. The summed E-state index contributed by atoms with van der Waals surface area (Å²) in [5.41, 5.74) is 0. The van der Waals surface area contributed by atoms with Gasteiger partial charge in [0.25, 0.3) is 5.91 Å². The van der Waals surface area contributed by atoms with Gasteiger partial charge in [0.1, 0.15) is 12.1 Å². The molecule has 0 bridgehead atoms. The summed E-state index contributed by atoms with van der Waals surface area (Å²) in [6, 6.07) is 1.46. The Morgan fingerprint density at radius 1 is 1.43 bits per heavy atom. The molecule has 1 aromatic rings. The average Bonchev–Trinajstić information content (AvgIpc) is 3.00. The Bertz CT molecular complexity index is 525. The van der Waals surface area contributed by atoms with Crippen LogP contribution in [0.1, 0.15) is 36.7 Å². The molecule has 1 aliphatic rings. The van der Waals surface area contributed by atoms with Crippen molar-refractivity contribution in [3.8, 4) is 0 Å². The molecule has 7 nitrogen and oxygen atoms in total. The number of carbonyl (C=O) groups is 3. The summed E-state index contributed by atoms with van der Waals surface area (Å²) >= 11 is 0. The van der Waals surface area contributed by atoms with Crippen molar-refractivity contribution in [3.05, 3.63) is 24.2 Å². The molecule has 0 saturated carbocycles. The molecule has 114 valence electrons. The van der Waals surface area contributed by atoms with E-state index >= 15 is 0 Å². The predicted molar refractivity (Wildman–Crippen MR) is 72.6 cm³/mol. The zero-order chi connectivity index (χ0) is 15.4. The first-order chi connectivity index (χ1) is 10.0. The van der Waals surface area contributed by atoms with Gasteiger partial charge in [-0.1, -0.05) is 0 Å². The topological polar surface area (TPSA) is 99.9 Å². The first-order valence-corrected chi connectivity index (χ1v) is 6.88. The van der Waals surface area contributed by atoms with Crippen LogP contribution in [0.25, 0.3) is 0 Å². The molecule has 0 unspecified atom stereocenters. The maximum absolute atomic E-state index is 12.3. The van der Waals surface area contributed by atoms with Crippen LogP contribution in [0.4, 0.5) is 0 Å². The van der Waals surface area contributed by atoms with Gasteiger partial charge in [-0.3, -0.25) is 9.59 Å². The van der Waals surface area contributed by atoms with Crippen LogP contribution in [0.3, 0.4) is 0 Å². The minimum atomic E-state index is -1.01. The number of amides is 2. The minimum absolute atomic E-state index is 0.114. The highest BCUT2D eigenvalue weighted by atomic mass is 16.4. The summed E-state index contributed by atoms with van der Waals surface area (Å²) in [6.45, 7) is 1.94. The van der Waals surface area contributed by atoms with Crippen molar-refractivity contribution in [1.29, 1.82) is 0 Å². The lowest BCUT2D eigenvalue weighted by Gasteiger charge is -2.34. The van der Waals surface area contributed by atoms with Crippen LogP contribution < -0.4 is 5.32 Å². The molecule has 7 heteroatoms. The van der Waals surface area contributed by atoms with E-state index in [1.54, 1.807) is 6.07 Å². The van der Waals surface area contributed by atoms with Crippen molar-refractivity contribution in [1.82, 2.24) is 10.2 Å². The van der Waals surface area contributed by atoms with Gasteiger partial charge in [-0.25, -0.2) is 4.79 Å². The second-order valence-electron chi connectivity index (χ2n) is 5.05. The van der Waals surface area contributed by atoms with Crippen molar-refractivity contribution < 1.29 is 23.9 Å². The van der Waals surface area contributed by atoms with E-state index in [2.05, 4.69) is 5.32 Å². The molecule has 0 aliphatic carbocycles. The zero-order valence-electron chi connectivity index (χ0n) is 11.7. The van der Waals surface area contributed by atoms with Crippen molar-refractivity contribution >= 4 is 17.8 Å². The Balaban J connectivity index is 2.00. The molecule has 0 aromatic carbocycles. The molecule has 2 heterocycles. The number of hydrogen-bond acceptors (Lipinski definition) is 4. The number of carboxylic acid groups (broad SMARTS) is 1. The fourth-order valence-electron chi connectivity index (χ4n) is 2.44. The molecular weight excluding hydrogens is 276 g/mol. The van der Waals surface area contributed by atoms with E-state index in [1.807, 2.05) is 0 Å². The number of nitrogens with zero attached hydrogens (tertiary/aromatic N) is 1. The second kappa shape index (κ2) is 6.43. The van der Waals surface area contributed by atoms with Crippen molar-refractivity contribution in [2.75, 3.05) is 6.54 Å². The average molecular weight is 294 g/mol. The number of aliphatic carboxylic acids is 1. The number of piperidine rings is 1. The van der Waals surface area contributed by atoms with Gasteiger partial charge >= 0.3 is 5.97 Å². The van der Waals surface area contributed by atoms with Crippen molar-refractivity contribution in [3.63, 3.8) is 0 Å². The number of furan rings is 1. The Labute approximate surface area is 121 Å². The third-order valence-electron chi connectivity index (χ3n) is 3.53. The second-order valence-corrected chi connectivity index (χ2v) is 5.05. The van der Waals surface area contributed by atoms with Crippen LogP contribution in [0, 0.1) is 0 Å². The molecule has 1 fully saturated rings. The van der Waals surface area contributed by atoms with Crippen LogP contribution in [0.2, 0.25) is 0 Å². The van der Waals surface area contributed by atoms with Gasteiger partial charge in [0.15, 0.2) is 5.76 Å². The largest absolute Gasteiger partial charge is 0.480 e. The third kappa shape index (κ3) is 3.42. The Morgan fingerprint density at radius 2 is 2.19 bits per heavy atom. The minimum Gasteiger partial charge on any atom is -0.480 e. The fourth-order valence-corrected chi connectivity index (χ4v) is 2.44. The van der Waals surface area contributed by atoms with E-state index in [-0.39, 0.29) is 11.7 Å². The summed E-state index contributed by atoms with van der Waals surface area (Å²) in [4.78, 5) is 36.7. The molecule has 0 spiro atoms. The Morgan fingerprint density at radius 3 is 2.81 bits per heavy atom. The van der Waals surface area contributed by atoms with Gasteiger partial charge in [-0.2, -0.15) is 0 Å². The highest BCUT2D eigenvalue weighted by Crippen LogP contribution is 2.18. The van der Waals surface area contributed by atoms with Crippen LogP contribution in [-0.4, -0.2) is 46.4 Å². The molecule has 1 saturated heterocycles. The molecule has 2 amide bonds. The maximum atomic E-state index is 12.3. The summed E-state index contributed by atoms with van der Waals surface area (Å²) in [5, 5.41) is 11.7. The summed E-state index contributed by atoms with van der Waals surface area (Å²) in [5.74, 6) is -1.78. The van der Waals surface area contributed by atoms with E-state index in [1.165, 1.54) is 24.2 Å². The van der Waals surface area contributed by atoms with Gasteiger partial charge in [0, 0.05) is 6.54 Å². The van der Waals surface area contributed by atoms with Gasteiger partial charge in [0.2, 0.25) is 5.91 Å². The van der Waals surface area contributed by atoms with Crippen LogP contribution in [-0.2, 0) is 9.59 Å². The van der Waals surface area contributed by atoms with E-state index in [9.17, 15) is 19.5 Å². The Hall–Kier alpha value is -2.31. The smallest absolute Gasteiger partial charge is 0.326 e. The molecule has 2 N–H and O–H groups in total. The molecule has 2 atom stereocenters. The molecule has 2 rings (SSSR count). The predicted octanol–water partition coefficient (Wildman–Crippen LogP) is 0.864. The number of nitrogens with one attached hydrogen (secondary N) is 1. The molecule has 1 aliphatic heterocycles. The molecule has 1 aromatic heterocycles. The van der Waals surface area contributed by atoms with Crippen LogP contribution in [0.15, 0.2) is 22.8 Å². The van der Waals surface area contributed by atoms with E-state index in [0.29, 0.717) is 13.0 Å². The summed E-state index contributed by atoms with van der Waals surface area (Å²) < 4.78 is 4.95. The fraction of sp³-hybridized carbons (Fsp3) is 0.500. The normalized spacial score (nSPS) is 19.9. The van der Waals surface area contributed by atoms with Crippen molar-refractivity contribution in [2.24, 2.45) is 0 Å². The summed E-state index contributed by atoms with van der Waals surface area (Å²) in [7, 11) is 0. The maximum Gasteiger partial charge on any atom is 0.326 e. The molecular formula is C14H18N2O5. The van der Waals surface area contributed by atoms with Gasteiger partial charge in [0.05, 0.1) is 6.26 Å². The summed E-state index contributed by atoms with van der Waals surface area (Å²) in [6.07, 6.45) is 3.37. The number of likely N-dealkylation sites (tertiary alicyclic amines) is 1. The van der Waals surface area contributed by atoms with Crippen LogP contribution in [0.5, 0.6) is 0 Å². The van der Waals surface area contributed by atoms with Crippen LogP contribution >= 0.6 is 0 Å². The molecule has 0 radical (unpaired) electrons. The van der Waals surface area contributed by atoms with Gasteiger partial charge in [-0.05, 0) is 38.3 Å². The van der Waals surface area contributed by atoms with E-state index in [4.69, 9.17) is 4.42 Å². The standard InChI is InChI=1S/C14H18N2O5/c1-9(15-12(17)11-6-4-8-21-11)13(18)16-7-3-2-5-10(16)14(19)20/h4,6,8-10H,2-3,5,7H2,1H3,(H,15,17)(H,19,20)/t9-,10-/m1/s1. The SMILES string of the molecule is C[C@@H](NC(=O)c1ccco1)C(=O)N1CCCC[C@@H]1C(=O)O. The van der Waals surface area contributed by atoms with E-state index in [0.717, 1.165) is 12.8 Å². The number of rotatable bonds is 4. The number of carboxylic acids is 1. The third-order valence-corrected chi connectivity index (χ3v) is 3.53. The lowest BCUT2D eigenvalue weighted by atomic mass is 10.0. The lowest BCUT2D eigenvalue weighted by Crippen LogP contribution is -2.54. The van der Waals surface area contributed by atoms with Gasteiger partial charge in [-0.15, -0.1) is 0 Å². The monoisotopic (exact) mass is 294 g/mol. The molecule has 21 heavy (non-hydrogen) atoms. The Kier molecular flexibility index (Phi) is 4.62. The first kappa shape index (κ1) is 15.1. The zero-order valence-corrected chi connectivity index (χ0v) is 11.7. The van der Waals surface area contributed by atoms with Gasteiger partial charge < -0.3 is 19.7 Å². The van der Waals surface area contributed by atoms with Crippen molar-refractivity contribution in [2.45, 2.75) is 38.3 Å². The lowest BCUT2D eigenvalue weighted by molar-refractivity contribution is -0.152. The highest BCUT2D eigenvalue weighted by molar-refractivity contribution is 5.96. The first-order valence-electron chi connectivity index (χ1n) is 6.88. The quantitative estimate of drug-likeness (QED) is 0.858. The van der Waals surface area contributed by atoms with E-state index < -0.39 is 24.0 Å². The highest BCUT2D eigenvalue weighted by Gasteiger charge is 2.34.